The van der Waals surface area contributed by atoms with Gasteiger partial charge in [0.1, 0.15) is 35.7 Å². The van der Waals surface area contributed by atoms with E-state index in [0.29, 0.717) is 83.9 Å². The number of carbonyl (C=O) groups excluding carboxylic acids is 5. The number of ketones is 3. The molecule has 0 radical (unpaired) electrons. The zero-order chi connectivity index (χ0) is 82.0. The highest BCUT2D eigenvalue weighted by Crippen LogP contribution is 2.50. The molecule has 2 aliphatic carbocycles. The highest BCUT2D eigenvalue weighted by molar-refractivity contribution is 7.86. The van der Waals surface area contributed by atoms with E-state index in [4.69, 9.17) is 4.74 Å². The highest BCUT2D eigenvalue weighted by atomic mass is 32.2. The van der Waals surface area contributed by atoms with Crippen molar-refractivity contribution in [2.45, 2.75) is 198 Å². The number of Topliss-reactive ketones (excluding diaryl/α,β-unsaturated/α-hetero) is 3. The van der Waals surface area contributed by atoms with Crippen molar-refractivity contribution in [2.24, 2.45) is 23.2 Å². The number of fused-ring (bicyclic) bond motifs is 3. The normalized spacial score (nSPS) is 18.9. The van der Waals surface area contributed by atoms with Crippen LogP contribution in [0.3, 0.4) is 0 Å². The molecule has 0 spiro atoms. The van der Waals surface area contributed by atoms with Crippen molar-refractivity contribution in [3.05, 3.63) is 190 Å². The van der Waals surface area contributed by atoms with Crippen molar-refractivity contribution in [1.29, 1.82) is 0 Å². The minimum atomic E-state index is -4.62. The van der Waals surface area contributed by atoms with Gasteiger partial charge in [-0.15, -0.1) is 0 Å². The predicted octanol–water partition coefficient (Wildman–Crippen LogP) is 13.5. The topological polar surface area (TPSA) is 357 Å². The fraction of sp³-hybridized carbons (Fsp3) is 0.465. The molecule has 6 N–H and O–H groups in total. The van der Waals surface area contributed by atoms with Crippen molar-refractivity contribution in [3.63, 3.8) is 0 Å². The molecule has 113 heavy (non-hydrogen) atoms. The van der Waals surface area contributed by atoms with E-state index in [2.05, 4.69) is 34.7 Å². The number of amides is 2. The Morgan fingerprint density at radius 2 is 1.27 bits per heavy atom. The van der Waals surface area contributed by atoms with Crippen molar-refractivity contribution in [1.82, 2.24) is 5.32 Å². The van der Waals surface area contributed by atoms with E-state index in [9.17, 15) is 82.7 Å². The number of unbranched alkanes of at least 4 members (excludes halogenated alkanes) is 2. The summed E-state index contributed by atoms with van der Waals surface area (Å²) < 4.78 is 110. The molecule has 0 unspecified atom stereocenters. The molecule has 5 aromatic rings. The number of carbonyl (C=O) groups is 7. The van der Waals surface area contributed by atoms with E-state index in [1.807, 2.05) is 85.5 Å². The first-order valence-corrected chi connectivity index (χ1v) is 43.6. The van der Waals surface area contributed by atoms with Gasteiger partial charge in [-0.2, -0.15) is 29.8 Å². The molecule has 3 heterocycles. The summed E-state index contributed by atoms with van der Waals surface area (Å²) in [6.45, 7) is 14.1. The Morgan fingerprint density at radius 1 is 0.646 bits per heavy atom. The molecular weight excluding hydrogens is 1500 g/mol. The van der Waals surface area contributed by atoms with Gasteiger partial charge in [-0.25, -0.2) is 4.79 Å². The number of nitrogens with one attached hydrogen (secondary N) is 1. The Morgan fingerprint density at radius 3 is 1.93 bits per heavy atom. The zero-order valence-electron chi connectivity index (χ0n) is 65.4. The molecule has 1 fully saturated rings. The van der Waals surface area contributed by atoms with Crippen LogP contribution in [0.4, 0.5) is 22.7 Å². The van der Waals surface area contributed by atoms with Gasteiger partial charge in [0.2, 0.25) is 17.5 Å². The average molecular weight is 1610 g/mol. The van der Waals surface area contributed by atoms with Crippen LogP contribution < -0.4 is 24.8 Å². The molecule has 3 aliphatic heterocycles. The summed E-state index contributed by atoms with van der Waals surface area (Å²) in [5.74, 6) is -8.28. The van der Waals surface area contributed by atoms with Gasteiger partial charge in [-0.3, -0.25) is 42.4 Å². The van der Waals surface area contributed by atoms with Crippen LogP contribution >= 0.6 is 0 Å². The van der Waals surface area contributed by atoms with Crippen LogP contribution in [0, 0.1) is 23.2 Å². The van der Waals surface area contributed by atoms with E-state index >= 15 is 0 Å². The third-order valence-corrected chi connectivity index (χ3v) is 24.9. The Hall–Kier alpha value is -9.25. The van der Waals surface area contributed by atoms with Crippen molar-refractivity contribution < 1.29 is 92.0 Å². The summed E-state index contributed by atoms with van der Waals surface area (Å²) in [4.78, 5) is 103. The van der Waals surface area contributed by atoms with Gasteiger partial charge in [-0.05, 0) is 167 Å². The van der Waals surface area contributed by atoms with E-state index < -0.39 is 125 Å². The number of hydrogen-bond donors (Lipinski definition) is 6. The number of carboxylic acids is 2. The molecule has 606 valence electrons. The van der Waals surface area contributed by atoms with Crippen LogP contribution in [0.5, 0.6) is 5.75 Å². The lowest BCUT2D eigenvalue weighted by Gasteiger charge is -2.37. The molecule has 0 aromatic heterocycles. The van der Waals surface area contributed by atoms with Crippen LogP contribution in [0.25, 0.3) is 0 Å². The maximum absolute atomic E-state index is 14.9. The summed E-state index contributed by atoms with van der Waals surface area (Å²) in [5.41, 5.74) is 6.83. The number of rotatable bonds is 36. The number of benzene rings is 5. The maximum atomic E-state index is 14.9. The standard InChI is InChI=1S/C86H105N5O19S3/c1-84(2,3)78(94)56-91-75-32-17-16-31-74(75)90(64-27-12-9-13-28-64)55-63(81(91)96)53-66(93)51-61(49-57-23-10-8-11-24-57)80(95)87-71(83(99)100)41-37-65(92)52-62(82(97)98)50-58-33-38-67(39-34-58)110-79-59(35-43-76-85(4,5)69-29-14-15-30-72(69)88(76)45-18-20-47-111(101,102)103)25-22-26-60(79)36-44-77-86(6,7)70-54-68(113(107,108)109)40-42-73(70)89(77)46-19-21-48-112(104,105)106/h8,10-11,14-17,23-24,29-36,38-40,42-44,54,61-64,71H,9,12-13,18-22,25-28,37,41,45-53,55-56H2,1-7H3,(H5-,87,95,97,98,99,100,101,102,103,104,105,106,107,108,109)/p+1/t61-,62-,63-,71-/m1/s1. The minimum Gasteiger partial charge on any atom is -0.481 e. The second-order valence-electron chi connectivity index (χ2n) is 32.6. The number of allylic oxidation sites excluding steroid dienone is 7. The van der Waals surface area contributed by atoms with Crippen LogP contribution in [0.1, 0.15) is 180 Å². The van der Waals surface area contributed by atoms with Crippen LogP contribution in [0.15, 0.2) is 173 Å². The Bertz CT molecular complexity index is 4930. The lowest BCUT2D eigenvalue weighted by molar-refractivity contribution is -0.438. The van der Waals surface area contributed by atoms with Crippen molar-refractivity contribution in [3.8, 4) is 5.75 Å². The summed E-state index contributed by atoms with van der Waals surface area (Å²) in [5, 5.41) is 23.8. The third kappa shape index (κ3) is 22.2. The number of anilines is 3. The lowest BCUT2D eigenvalue weighted by Crippen LogP contribution is -2.46. The van der Waals surface area contributed by atoms with E-state index in [-0.39, 0.29) is 86.5 Å². The van der Waals surface area contributed by atoms with Crippen molar-refractivity contribution >= 4 is 99.9 Å². The van der Waals surface area contributed by atoms with Gasteiger partial charge in [0.05, 0.1) is 51.6 Å². The number of para-hydroxylation sites is 3. The first kappa shape index (κ1) is 86.2. The molecular formula is C86H106N5O19S3+. The van der Waals surface area contributed by atoms with Gasteiger partial charge in [-0.1, -0.05) is 133 Å². The van der Waals surface area contributed by atoms with Gasteiger partial charge in [0, 0.05) is 97.1 Å². The Labute approximate surface area is 663 Å². The molecule has 0 saturated heterocycles. The average Bonchev–Trinajstić information content (AvgIpc) is 1.59. The fourth-order valence-corrected chi connectivity index (χ4v) is 17.9. The molecule has 5 aliphatic rings. The van der Waals surface area contributed by atoms with Gasteiger partial charge < -0.3 is 35.0 Å². The first-order valence-electron chi connectivity index (χ1n) is 38.9. The summed E-state index contributed by atoms with van der Waals surface area (Å²) in [7, 11) is -13.1. The first-order chi connectivity index (χ1) is 53.3. The van der Waals surface area contributed by atoms with E-state index in [1.165, 1.54) is 17.0 Å². The molecule has 5 aromatic carbocycles. The quantitative estimate of drug-likeness (QED) is 0.0123. The number of nitrogens with zero attached hydrogens (tertiary/aromatic N) is 4. The smallest absolute Gasteiger partial charge is 0.326 e. The largest absolute Gasteiger partial charge is 0.481 e. The molecule has 4 atom stereocenters. The van der Waals surface area contributed by atoms with Gasteiger partial charge in [0.15, 0.2) is 11.5 Å². The molecule has 24 nitrogen and oxygen atoms in total. The molecule has 27 heteroatoms. The SMILES string of the molecule is CC(C)(C)C(=O)CN1C(=O)[C@H](CC(=O)C[C@@H](Cc2ccccc2)C(=O)N[C@H](CCC(=O)C[C@@H](Cc2ccc(OC3=C(C=CC4=[N+](CCCCS(=O)(=O)O)c5ccccc5C4(C)C)CCCC3=CC=C3N(CCCCS(=O)(=O)O)c4ccc(S(=O)(=O)O)cc4C3(C)C)cc2)C(=O)O)C(=O)O)CN(C2CCCCC2)c2ccccc21. The maximum Gasteiger partial charge on any atom is 0.326 e. The number of carboxylic acid groups (broad SMARTS) is 2. The number of aliphatic carboxylic acids is 2. The van der Waals surface area contributed by atoms with E-state index in [1.54, 1.807) is 81.4 Å². The number of ether oxygens (including phenoxy) is 1. The Kier molecular flexibility index (Phi) is 27.8. The van der Waals surface area contributed by atoms with E-state index in [0.717, 1.165) is 65.9 Å². The third-order valence-electron chi connectivity index (χ3n) is 22.5. The Balaban J connectivity index is 0.870. The lowest BCUT2D eigenvalue weighted by atomic mass is 9.81. The summed E-state index contributed by atoms with van der Waals surface area (Å²) in [6.07, 6.45) is 13.6. The predicted molar refractivity (Wildman–Crippen MR) is 433 cm³/mol. The molecule has 0 bridgehead atoms. The van der Waals surface area contributed by atoms with Gasteiger partial charge >= 0.3 is 11.9 Å². The van der Waals surface area contributed by atoms with Gasteiger partial charge in [0.25, 0.3) is 30.4 Å². The fourth-order valence-electron chi connectivity index (χ4n) is 16.2. The minimum absolute atomic E-state index is 0.0345. The number of hydrogen-bond acceptors (Lipinski definition) is 16. The van der Waals surface area contributed by atoms with Crippen LogP contribution in [-0.4, -0.2) is 150 Å². The van der Waals surface area contributed by atoms with Crippen LogP contribution in [0.2, 0.25) is 0 Å². The van der Waals surface area contributed by atoms with Crippen LogP contribution in [-0.2, 0) is 87.6 Å². The second kappa shape index (κ2) is 36.5. The molecule has 2 amide bonds. The highest BCUT2D eigenvalue weighted by Gasteiger charge is 2.46. The second-order valence-corrected chi connectivity index (χ2v) is 37.2. The monoisotopic (exact) mass is 1610 g/mol. The summed E-state index contributed by atoms with van der Waals surface area (Å²) in [6, 6.07) is 33.9. The summed E-state index contributed by atoms with van der Waals surface area (Å²) >= 11 is 0. The zero-order valence-corrected chi connectivity index (χ0v) is 67.8. The molecule has 1 saturated carbocycles. The van der Waals surface area contributed by atoms with Crippen molar-refractivity contribution in [2.75, 3.05) is 52.4 Å². The molecule has 10 rings (SSSR count).